The Morgan fingerprint density at radius 1 is 1.12 bits per heavy atom. The van der Waals surface area contributed by atoms with Gasteiger partial charge in [-0.15, -0.1) is 0 Å². The highest BCUT2D eigenvalue weighted by atomic mass is 16.5. The fraction of sp³-hybridized carbons (Fsp3) is 0.650. The van der Waals surface area contributed by atoms with E-state index in [0.717, 1.165) is 35.3 Å². The van der Waals surface area contributed by atoms with Crippen molar-refractivity contribution in [2.45, 2.75) is 71.5 Å². The van der Waals surface area contributed by atoms with Gasteiger partial charge in [0.25, 0.3) is 5.91 Å². The third-order valence-electron chi connectivity index (χ3n) is 4.85. The third kappa shape index (κ3) is 4.97. The van der Waals surface area contributed by atoms with Crippen LogP contribution in [0.3, 0.4) is 0 Å². The molecule has 1 aliphatic rings. The number of benzene rings is 1. The van der Waals surface area contributed by atoms with Crippen molar-refractivity contribution in [2.75, 3.05) is 24.3 Å². The molecule has 1 unspecified atom stereocenters. The molecule has 1 saturated carbocycles. The van der Waals surface area contributed by atoms with Crippen molar-refractivity contribution in [1.82, 2.24) is 0 Å². The van der Waals surface area contributed by atoms with E-state index in [9.17, 15) is 4.79 Å². The fourth-order valence-electron chi connectivity index (χ4n) is 3.35. The monoisotopic (exact) mass is 332 g/mol. The number of nitrogens with zero attached hydrogens (tertiary/aromatic N) is 1. The number of hydrogen-bond acceptors (Lipinski definition) is 3. The molecule has 0 saturated heterocycles. The molecule has 0 aromatic heterocycles. The first kappa shape index (κ1) is 18.8. The summed E-state index contributed by atoms with van der Waals surface area (Å²) in [5.41, 5.74) is 4.20. The molecule has 24 heavy (non-hydrogen) atoms. The van der Waals surface area contributed by atoms with Gasteiger partial charge < -0.3 is 15.0 Å². The molecule has 2 rings (SSSR count). The van der Waals surface area contributed by atoms with Crippen LogP contribution in [0.15, 0.2) is 12.1 Å². The molecule has 1 aromatic carbocycles. The van der Waals surface area contributed by atoms with Crippen LogP contribution in [-0.4, -0.2) is 32.2 Å². The summed E-state index contributed by atoms with van der Waals surface area (Å²) >= 11 is 0. The molecule has 0 bridgehead atoms. The van der Waals surface area contributed by atoms with Gasteiger partial charge in [0.15, 0.2) is 0 Å². The Balaban J connectivity index is 2.00. The average Bonchev–Trinajstić information content (AvgIpc) is 2.78. The highest BCUT2D eigenvalue weighted by Gasteiger charge is 2.21. The van der Waals surface area contributed by atoms with Crippen LogP contribution in [-0.2, 0) is 9.53 Å². The number of aryl methyl sites for hydroxylation is 2. The molecule has 1 aromatic rings. The minimum Gasteiger partial charge on any atom is -0.378 e. The van der Waals surface area contributed by atoms with Gasteiger partial charge in [0.1, 0.15) is 6.10 Å². The number of carbonyl (C=O) groups excluding carboxylic acids is 1. The van der Waals surface area contributed by atoms with Crippen LogP contribution in [0.5, 0.6) is 0 Å². The lowest BCUT2D eigenvalue weighted by atomic mass is 10.1. The Morgan fingerprint density at radius 3 is 2.17 bits per heavy atom. The summed E-state index contributed by atoms with van der Waals surface area (Å²) in [5, 5.41) is 3.07. The van der Waals surface area contributed by atoms with Crippen molar-refractivity contribution in [1.29, 1.82) is 0 Å². The molecule has 1 atom stereocenters. The first-order valence-electron chi connectivity index (χ1n) is 9.13. The number of amides is 1. The Kier molecular flexibility index (Phi) is 6.67. The van der Waals surface area contributed by atoms with E-state index in [0.29, 0.717) is 0 Å². The molecule has 0 heterocycles. The third-order valence-corrected chi connectivity index (χ3v) is 4.85. The van der Waals surface area contributed by atoms with Gasteiger partial charge in [0.2, 0.25) is 0 Å². The average molecular weight is 332 g/mol. The molecule has 1 amide bonds. The number of nitrogens with one attached hydrogen (secondary N) is 1. The maximum atomic E-state index is 12.5. The van der Waals surface area contributed by atoms with E-state index in [4.69, 9.17) is 4.74 Å². The van der Waals surface area contributed by atoms with Crippen molar-refractivity contribution in [2.24, 2.45) is 0 Å². The maximum Gasteiger partial charge on any atom is 0.253 e. The number of ether oxygens (including phenoxy) is 1. The van der Waals surface area contributed by atoms with Gasteiger partial charge in [-0.3, -0.25) is 4.79 Å². The second-order valence-corrected chi connectivity index (χ2v) is 7.23. The summed E-state index contributed by atoms with van der Waals surface area (Å²) in [6, 6.07) is 4.19. The molecule has 0 spiro atoms. The Hall–Kier alpha value is -1.55. The van der Waals surface area contributed by atoms with Gasteiger partial charge in [0, 0.05) is 25.5 Å². The molecule has 1 fully saturated rings. The first-order valence-corrected chi connectivity index (χ1v) is 9.13. The van der Waals surface area contributed by atoms with Crippen molar-refractivity contribution in [3.8, 4) is 0 Å². The minimum atomic E-state index is -0.416. The summed E-state index contributed by atoms with van der Waals surface area (Å²) in [6.45, 7) is 5.93. The Morgan fingerprint density at radius 2 is 1.67 bits per heavy atom. The zero-order valence-electron chi connectivity index (χ0n) is 15.8. The van der Waals surface area contributed by atoms with E-state index >= 15 is 0 Å². The Labute approximate surface area is 146 Å². The van der Waals surface area contributed by atoms with Gasteiger partial charge in [-0.2, -0.15) is 0 Å². The quantitative estimate of drug-likeness (QED) is 0.811. The summed E-state index contributed by atoms with van der Waals surface area (Å²) in [4.78, 5) is 14.6. The normalized spacial score (nSPS) is 17.2. The van der Waals surface area contributed by atoms with Crippen LogP contribution in [0.1, 0.15) is 56.6 Å². The van der Waals surface area contributed by atoms with E-state index < -0.39 is 6.10 Å². The predicted molar refractivity (Wildman–Crippen MR) is 101 cm³/mol. The van der Waals surface area contributed by atoms with Gasteiger partial charge >= 0.3 is 0 Å². The van der Waals surface area contributed by atoms with E-state index in [-0.39, 0.29) is 12.0 Å². The maximum absolute atomic E-state index is 12.5. The van der Waals surface area contributed by atoms with Crippen molar-refractivity contribution >= 4 is 17.3 Å². The standard InChI is InChI=1S/C20H32N2O2/c1-14-12-17(22(4)5)13-15(2)19(14)21-20(23)16(3)24-18-10-8-6-7-9-11-18/h12-13,16,18H,6-11H2,1-5H3,(H,21,23). The molecule has 0 aliphatic heterocycles. The largest absolute Gasteiger partial charge is 0.378 e. The summed E-state index contributed by atoms with van der Waals surface area (Å²) in [7, 11) is 4.05. The summed E-state index contributed by atoms with van der Waals surface area (Å²) in [6.07, 6.45) is 6.97. The molecule has 0 radical (unpaired) electrons. The second-order valence-electron chi connectivity index (χ2n) is 7.23. The van der Waals surface area contributed by atoms with Crippen LogP contribution in [0.4, 0.5) is 11.4 Å². The lowest BCUT2D eigenvalue weighted by Crippen LogP contribution is -2.32. The van der Waals surface area contributed by atoms with Crippen molar-refractivity contribution < 1.29 is 9.53 Å². The molecule has 4 heteroatoms. The van der Waals surface area contributed by atoms with Crippen molar-refractivity contribution in [3.63, 3.8) is 0 Å². The number of anilines is 2. The molecule has 1 aliphatic carbocycles. The zero-order valence-corrected chi connectivity index (χ0v) is 15.8. The first-order chi connectivity index (χ1) is 11.4. The van der Waals surface area contributed by atoms with Crippen LogP contribution in [0, 0.1) is 13.8 Å². The van der Waals surface area contributed by atoms with Crippen LogP contribution in [0.2, 0.25) is 0 Å². The van der Waals surface area contributed by atoms with E-state index in [1.807, 2.05) is 34.9 Å². The molecule has 4 nitrogen and oxygen atoms in total. The molecule has 1 N–H and O–H groups in total. The van der Waals surface area contributed by atoms with Crippen LogP contribution in [0.25, 0.3) is 0 Å². The molecular formula is C20H32N2O2. The Bertz CT molecular complexity index is 538. The van der Waals surface area contributed by atoms with Crippen LogP contribution >= 0.6 is 0 Å². The number of carbonyl (C=O) groups is 1. The SMILES string of the molecule is Cc1cc(N(C)C)cc(C)c1NC(=O)C(C)OC1CCCCCC1. The van der Waals surface area contributed by atoms with E-state index in [2.05, 4.69) is 22.3 Å². The van der Waals surface area contributed by atoms with E-state index in [1.54, 1.807) is 0 Å². The topological polar surface area (TPSA) is 41.6 Å². The smallest absolute Gasteiger partial charge is 0.253 e. The minimum absolute atomic E-state index is 0.0527. The van der Waals surface area contributed by atoms with Crippen LogP contribution < -0.4 is 10.2 Å². The van der Waals surface area contributed by atoms with Gasteiger partial charge in [-0.25, -0.2) is 0 Å². The number of hydrogen-bond donors (Lipinski definition) is 1. The highest BCUT2D eigenvalue weighted by Crippen LogP contribution is 2.27. The lowest BCUT2D eigenvalue weighted by Gasteiger charge is -2.22. The summed E-state index contributed by atoms with van der Waals surface area (Å²) < 4.78 is 6.03. The summed E-state index contributed by atoms with van der Waals surface area (Å²) in [5.74, 6) is -0.0527. The molecule has 134 valence electrons. The fourth-order valence-corrected chi connectivity index (χ4v) is 3.35. The predicted octanol–water partition coefficient (Wildman–Crippen LogP) is 4.44. The van der Waals surface area contributed by atoms with Gasteiger partial charge in [-0.05, 0) is 56.9 Å². The van der Waals surface area contributed by atoms with Gasteiger partial charge in [0.05, 0.1) is 6.10 Å². The zero-order chi connectivity index (χ0) is 17.7. The van der Waals surface area contributed by atoms with E-state index in [1.165, 1.54) is 25.7 Å². The van der Waals surface area contributed by atoms with Gasteiger partial charge in [-0.1, -0.05) is 25.7 Å². The highest BCUT2D eigenvalue weighted by molar-refractivity contribution is 5.95. The van der Waals surface area contributed by atoms with Crippen molar-refractivity contribution in [3.05, 3.63) is 23.3 Å². The molecular weight excluding hydrogens is 300 g/mol. The lowest BCUT2D eigenvalue weighted by molar-refractivity contribution is -0.130. The second kappa shape index (κ2) is 8.52. The number of rotatable bonds is 5.